The van der Waals surface area contributed by atoms with Crippen LogP contribution in [0.4, 0.5) is 11.6 Å². The highest BCUT2D eigenvalue weighted by Gasteiger charge is 2.35. The number of nitrogens with one attached hydrogen (secondary N) is 1. The Kier molecular flexibility index (Phi) is 5.51. The van der Waals surface area contributed by atoms with Gasteiger partial charge in [0.1, 0.15) is 11.2 Å². The van der Waals surface area contributed by atoms with Crippen LogP contribution in [0, 0.1) is 0 Å². The Morgan fingerprint density at radius 3 is 2.81 bits per heavy atom. The first-order valence-electron chi connectivity index (χ1n) is 6.50. The monoisotopic (exact) mass is 369 g/mol. The molecule has 2 rings (SSSR count). The van der Waals surface area contributed by atoms with E-state index >= 15 is 0 Å². The van der Waals surface area contributed by atoms with Crippen molar-refractivity contribution in [1.29, 1.82) is 0 Å². The Labute approximate surface area is 139 Å². The molecule has 118 valence electrons. The van der Waals surface area contributed by atoms with Gasteiger partial charge in [-0.15, -0.1) is 0 Å². The molecule has 5 nitrogen and oxygen atoms in total. The molecule has 0 bridgehead atoms. The fourth-order valence-electron chi connectivity index (χ4n) is 2.15. The lowest BCUT2D eigenvalue weighted by molar-refractivity contribution is 0.579. The normalized spacial score (nSPS) is 19.6. The summed E-state index contributed by atoms with van der Waals surface area (Å²) >= 11 is 13.9. The lowest BCUT2D eigenvalue weighted by Gasteiger charge is -2.36. The molecule has 1 saturated heterocycles. The quantitative estimate of drug-likeness (QED) is 0.880. The van der Waals surface area contributed by atoms with Gasteiger partial charge < -0.3 is 10.2 Å². The third kappa shape index (κ3) is 3.52. The Morgan fingerprint density at radius 1 is 1.48 bits per heavy atom. The molecule has 1 aromatic heterocycles. The summed E-state index contributed by atoms with van der Waals surface area (Å²) in [6, 6.07) is 1.59. The largest absolute Gasteiger partial charge is 0.372 e. The Morgan fingerprint density at radius 2 is 2.19 bits per heavy atom. The summed E-state index contributed by atoms with van der Waals surface area (Å²) in [5.74, 6) is 2.41. The zero-order valence-corrected chi connectivity index (χ0v) is 14.9. The van der Waals surface area contributed by atoms with Crippen LogP contribution in [0.15, 0.2) is 6.07 Å². The standard InChI is InChI=1S/C12H17Cl2N3O2S2/c1-3-21(18,19)10-7-20-5-4-17(10)12-9(14)6-8(13)11(15-2)16-12/h6,10H,3-5,7H2,1-2H3,(H,15,16). The van der Waals surface area contributed by atoms with Crippen LogP contribution in [-0.2, 0) is 9.84 Å². The summed E-state index contributed by atoms with van der Waals surface area (Å²) in [4.78, 5) is 6.16. The first kappa shape index (κ1) is 17.0. The van der Waals surface area contributed by atoms with Gasteiger partial charge in [0.05, 0.1) is 10.0 Å². The number of anilines is 2. The number of nitrogens with zero attached hydrogens (tertiary/aromatic N) is 2. The summed E-state index contributed by atoms with van der Waals surface area (Å²) in [6.07, 6.45) is 0. The summed E-state index contributed by atoms with van der Waals surface area (Å²) in [5.41, 5.74) is 0. The molecule has 0 aromatic carbocycles. The zero-order chi connectivity index (χ0) is 15.6. The molecule has 1 aromatic rings. The van der Waals surface area contributed by atoms with Gasteiger partial charge in [0, 0.05) is 30.9 Å². The lowest BCUT2D eigenvalue weighted by Crippen LogP contribution is -2.48. The molecule has 0 aliphatic carbocycles. The first-order valence-corrected chi connectivity index (χ1v) is 10.1. The molecular formula is C12H17Cl2N3O2S2. The summed E-state index contributed by atoms with van der Waals surface area (Å²) in [5, 5.41) is 3.06. The highest BCUT2D eigenvalue weighted by molar-refractivity contribution is 8.01. The lowest BCUT2D eigenvalue weighted by atomic mass is 10.3. The Bertz CT molecular complexity index is 625. The van der Waals surface area contributed by atoms with Crippen LogP contribution < -0.4 is 10.2 Å². The predicted octanol–water partition coefficient (Wildman–Crippen LogP) is 2.74. The molecule has 0 amide bonds. The van der Waals surface area contributed by atoms with Gasteiger partial charge >= 0.3 is 0 Å². The van der Waals surface area contributed by atoms with Crippen LogP contribution in [0.1, 0.15) is 6.92 Å². The minimum Gasteiger partial charge on any atom is -0.372 e. The first-order chi connectivity index (χ1) is 9.90. The van der Waals surface area contributed by atoms with Crippen LogP contribution in [0.25, 0.3) is 0 Å². The van der Waals surface area contributed by atoms with Crippen molar-refractivity contribution in [3.63, 3.8) is 0 Å². The van der Waals surface area contributed by atoms with Crippen LogP contribution in [0.3, 0.4) is 0 Å². The van der Waals surface area contributed by atoms with Crippen LogP contribution in [0.5, 0.6) is 0 Å². The third-order valence-electron chi connectivity index (χ3n) is 3.32. The molecule has 1 N–H and O–H groups in total. The number of aromatic nitrogens is 1. The van der Waals surface area contributed by atoms with Crippen molar-refractivity contribution in [3.05, 3.63) is 16.1 Å². The SMILES string of the molecule is CCS(=O)(=O)C1CSCCN1c1nc(NC)c(Cl)cc1Cl. The van der Waals surface area contributed by atoms with Crippen LogP contribution >= 0.6 is 35.0 Å². The second-order valence-electron chi connectivity index (χ2n) is 4.55. The molecule has 1 unspecified atom stereocenters. The van der Waals surface area contributed by atoms with E-state index in [0.717, 1.165) is 5.75 Å². The third-order valence-corrected chi connectivity index (χ3v) is 7.18. The molecule has 1 atom stereocenters. The van der Waals surface area contributed by atoms with E-state index in [0.29, 0.717) is 34.0 Å². The maximum Gasteiger partial charge on any atom is 0.171 e. The smallest absolute Gasteiger partial charge is 0.171 e. The molecule has 0 spiro atoms. The average Bonchev–Trinajstić information content (AvgIpc) is 2.47. The van der Waals surface area contributed by atoms with Crippen LogP contribution in [-0.4, -0.2) is 49.6 Å². The molecule has 21 heavy (non-hydrogen) atoms. The van der Waals surface area contributed by atoms with E-state index in [9.17, 15) is 8.42 Å². The number of rotatable bonds is 4. The molecule has 9 heteroatoms. The number of sulfone groups is 1. The van der Waals surface area contributed by atoms with Crippen molar-refractivity contribution in [1.82, 2.24) is 4.98 Å². The highest BCUT2D eigenvalue weighted by Crippen LogP contribution is 2.35. The van der Waals surface area contributed by atoms with E-state index in [4.69, 9.17) is 23.2 Å². The molecule has 1 aliphatic heterocycles. The second kappa shape index (κ2) is 6.81. The number of hydrogen-bond donors (Lipinski definition) is 1. The Balaban J connectivity index is 2.47. The topological polar surface area (TPSA) is 62.3 Å². The van der Waals surface area contributed by atoms with Crippen molar-refractivity contribution < 1.29 is 8.42 Å². The van der Waals surface area contributed by atoms with E-state index in [1.165, 1.54) is 0 Å². The van der Waals surface area contributed by atoms with Crippen LogP contribution in [0.2, 0.25) is 10.0 Å². The van der Waals surface area contributed by atoms with E-state index in [2.05, 4.69) is 10.3 Å². The van der Waals surface area contributed by atoms with Crippen molar-refractivity contribution >= 4 is 56.4 Å². The summed E-state index contributed by atoms with van der Waals surface area (Å²) in [7, 11) is -1.51. The minimum atomic E-state index is -3.21. The number of pyridine rings is 1. The van der Waals surface area contributed by atoms with Gasteiger partial charge in [-0.25, -0.2) is 13.4 Å². The van der Waals surface area contributed by atoms with E-state index in [1.807, 2.05) is 0 Å². The zero-order valence-electron chi connectivity index (χ0n) is 11.8. The summed E-state index contributed by atoms with van der Waals surface area (Å²) < 4.78 is 24.6. The molecule has 1 fully saturated rings. The maximum absolute atomic E-state index is 12.3. The minimum absolute atomic E-state index is 0.0961. The van der Waals surface area contributed by atoms with E-state index in [1.54, 1.807) is 36.7 Å². The molecular weight excluding hydrogens is 353 g/mol. The number of thioether (sulfide) groups is 1. The average molecular weight is 370 g/mol. The van der Waals surface area contributed by atoms with Gasteiger partial charge in [0.2, 0.25) is 0 Å². The van der Waals surface area contributed by atoms with Crippen molar-refractivity contribution in [2.75, 3.05) is 41.1 Å². The van der Waals surface area contributed by atoms with Gasteiger partial charge in [-0.3, -0.25) is 0 Å². The van der Waals surface area contributed by atoms with Gasteiger partial charge in [0.25, 0.3) is 0 Å². The van der Waals surface area contributed by atoms with Gasteiger partial charge in [-0.2, -0.15) is 11.8 Å². The molecule has 2 heterocycles. The Hall–Kier alpha value is -0.370. The van der Waals surface area contributed by atoms with Gasteiger partial charge in [-0.1, -0.05) is 30.1 Å². The van der Waals surface area contributed by atoms with Gasteiger partial charge in [0.15, 0.2) is 15.7 Å². The highest BCUT2D eigenvalue weighted by atomic mass is 35.5. The second-order valence-corrected chi connectivity index (χ2v) is 8.96. The summed E-state index contributed by atoms with van der Waals surface area (Å²) in [6.45, 7) is 2.24. The molecule has 0 radical (unpaired) electrons. The van der Waals surface area contributed by atoms with Crippen molar-refractivity contribution in [2.45, 2.75) is 12.3 Å². The predicted molar refractivity (Wildman–Crippen MR) is 91.7 cm³/mol. The van der Waals surface area contributed by atoms with E-state index in [-0.39, 0.29) is 5.75 Å². The van der Waals surface area contributed by atoms with Crippen molar-refractivity contribution in [2.24, 2.45) is 0 Å². The number of halogens is 2. The van der Waals surface area contributed by atoms with Crippen molar-refractivity contribution in [3.8, 4) is 0 Å². The maximum atomic E-state index is 12.3. The molecule has 1 aliphatic rings. The number of hydrogen-bond acceptors (Lipinski definition) is 6. The van der Waals surface area contributed by atoms with Gasteiger partial charge in [-0.05, 0) is 6.07 Å². The fraction of sp³-hybridized carbons (Fsp3) is 0.583. The molecule has 0 saturated carbocycles. The fourth-order valence-corrected chi connectivity index (χ4v) is 5.68. The van der Waals surface area contributed by atoms with E-state index < -0.39 is 15.2 Å².